The minimum absolute atomic E-state index is 0.0324. The summed E-state index contributed by atoms with van der Waals surface area (Å²) in [6.07, 6.45) is -10.1. The summed E-state index contributed by atoms with van der Waals surface area (Å²) in [5, 5.41) is 12.5. The van der Waals surface area contributed by atoms with Crippen molar-refractivity contribution in [3.63, 3.8) is 0 Å². The molecule has 41 heavy (non-hydrogen) atoms. The van der Waals surface area contributed by atoms with Crippen molar-refractivity contribution in [2.45, 2.75) is 69.4 Å². The number of urea groups is 1. The Bertz CT molecular complexity index is 1300. The molecule has 0 spiro atoms. The lowest BCUT2D eigenvalue weighted by molar-refractivity contribution is -0.376. The van der Waals surface area contributed by atoms with Gasteiger partial charge in [0.25, 0.3) is 11.5 Å². The van der Waals surface area contributed by atoms with Gasteiger partial charge in [0.05, 0.1) is 13.2 Å². The second-order valence-electron chi connectivity index (χ2n) is 10.3. The highest BCUT2D eigenvalue weighted by Crippen LogP contribution is 2.50. The first-order valence-electron chi connectivity index (χ1n) is 13.2. The molecule has 224 valence electrons. The largest absolute Gasteiger partial charge is 0.493 e. The van der Waals surface area contributed by atoms with Gasteiger partial charge in [-0.2, -0.15) is 26.3 Å². The van der Waals surface area contributed by atoms with Crippen LogP contribution in [0.3, 0.4) is 0 Å². The molecule has 1 fully saturated rings. The lowest BCUT2D eigenvalue weighted by atomic mass is 9.90. The zero-order chi connectivity index (χ0) is 30.2. The van der Waals surface area contributed by atoms with Gasteiger partial charge in [0.1, 0.15) is 17.0 Å². The summed E-state index contributed by atoms with van der Waals surface area (Å²) in [4.78, 5) is 26.9. The smallest absolute Gasteiger partial charge is 0.430 e. The molecule has 0 radical (unpaired) electrons. The van der Waals surface area contributed by atoms with Gasteiger partial charge in [-0.1, -0.05) is 25.5 Å². The molecule has 0 saturated carbocycles. The number of carbonyl (C=O) groups excluding carboxylic acids is 2. The molecule has 2 aliphatic rings. The van der Waals surface area contributed by atoms with E-state index >= 15 is 0 Å². The first-order chi connectivity index (χ1) is 19.1. The standard InChI is InChI=1S/C28H30F6N2O5/c1-3-6-17-16-20(26(39,27(29,30)31)28(32,33)34)8-10-21(17)40-13-5-4-12-36-23(37)25(2,35-24(36)38)19-7-9-22-18(15-19)11-14-41-22/h7-10,15-16,39H,3-6,11-14H2,1-2H3,(H,35,38). The Labute approximate surface area is 232 Å². The Hall–Kier alpha value is -3.48. The topological polar surface area (TPSA) is 88.1 Å². The zero-order valence-electron chi connectivity index (χ0n) is 22.4. The average Bonchev–Trinajstić information content (AvgIpc) is 3.45. The van der Waals surface area contributed by atoms with Gasteiger partial charge in [-0.3, -0.25) is 9.69 Å². The van der Waals surface area contributed by atoms with Crippen LogP contribution in [0, 0.1) is 0 Å². The van der Waals surface area contributed by atoms with E-state index in [1.54, 1.807) is 26.0 Å². The molecule has 0 bridgehead atoms. The number of hydrogen-bond acceptors (Lipinski definition) is 5. The Kier molecular flexibility index (Phi) is 8.23. The Morgan fingerprint density at radius 2 is 1.76 bits per heavy atom. The number of aryl methyl sites for hydroxylation is 1. The fraction of sp³-hybridized carbons (Fsp3) is 0.500. The van der Waals surface area contributed by atoms with Crippen LogP contribution in [0.15, 0.2) is 36.4 Å². The first kappa shape index (κ1) is 30.5. The number of unbranched alkanes of at least 4 members (excludes halogenated alkanes) is 1. The number of halogens is 6. The van der Waals surface area contributed by atoms with Crippen LogP contribution in [0.1, 0.15) is 55.4 Å². The van der Waals surface area contributed by atoms with Crippen molar-refractivity contribution in [3.8, 4) is 11.5 Å². The molecule has 1 atom stereocenters. The van der Waals surface area contributed by atoms with Crippen LogP contribution in [0.5, 0.6) is 11.5 Å². The number of aliphatic hydroxyl groups is 1. The molecular weight excluding hydrogens is 558 g/mol. The summed E-state index contributed by atoms with van der Waals surface area (Å²) >= 11 is 0. The van der Waals surface area contributed by atoms with Gasteiger partial charge >= 0.3 is 18.4 Å². The Balaban J connectivity index is 1.38. The molecule has 2 heterocycles. The van der Waals surface area contributed by atoms with Gasteiger partial charge in [0.2, 0.25) is 0 Å². The van der Waals surface area contributed by atoms with E-state index in [-0.39, 0.29) is 30.9 Å². The van der Waals surface area contributed by atoms with Gasteiger partial charge in [0.15, 0.2) is 0 Å². The van der Waals surface area contributed by atoms with Crippen LogP contribution < -0.4 is 14.8 Å². The third-order valence-corrected chi connectivity index (χ3v) is 7.39. The predicted octanol–water partition coefficient (Wildman–Crippen LogP) is 5.51. The summed E-state index contributed by atoms with van der Waals surface area (Å²) in [6.45, 7) is 3.99. The quantitative estimate of drug-likeness (QED) is 0.217. The highest BCUT2D eigenvalue weighted by atomic mass is 19.4. The average molecular weight is 589 g/mol. The van der Waals surface area contributed by atoms with E-state index in [2.05, 4.69) is 5.32 Å². The van der Waals surface area contributed by atoms with Gasteiger partial charge in [-0.25, -0.2) is 4.79 Å². The predicted molar refractivity (Wildman–Crippen MR) is 134 cm³/mol. The van der Waals surface area contributed by atoms with E-state index in [0.717, 1.165) is 22.3 Å². The number of carbonyl (C=O) groups is 2. The number of fused-ring (bicyclic) bond motifs is 1. The van der Waals surface area contributed by atoms with E-state index in [1.807, 2.05) is 6.07 Å². The van der Waals surface area contributed by atoms with Gasteiger partial charge in [-0.05, 0) is 67.1 Å². The lowest BCUT2D eigenvalue weighted by Gasteiger charge is -2.33. The lowest BCUT2D eigenvalue weighted by Crippen LogP contribution is -2.53. The number of alkyl halides is 6. The van der Waals surface area contributed by atoms with E-state index in [9.17, 15) is 41.0 Å². The number of benzene rings is 2. The maximum absolute atomic E-state index is 13.3. The molecular formula is C28H30F6N2O5. The molecule has 3 amide bonds. The Morgan fingerprint density at radius 1 is 1.05 bits per heavy atom. The van der Waals surface area contributed by atoms with Gasteiger partial charge in [-0.15, -0.1) is 0 Å². The van der Waals surface area contributed by atoms with E-state index in [4.69, 9.17) is 9.47 Å². The maximum atomic E-state index is 13.3. The van der Waals surface area contributed by atoms with Crippen LogP contribution in [-0.2, 0) is 28.8 Å². The number of hydrogen-bond donors (Lipinski definition) is 2. The van der Waals surface area contributed by atoms with Crippen LogP contribution in [0.4, 0.5) is 31.1 Å². The van der Waals surface area contributed by atoms with Crippen LogP contribution >= 0.6 is 0 Å². The van der Waals surface area contributed by atoms with Gasteiger partial charge < -0.3 is 19.9 Å². The third-order valence-electron chi connectivity index (χ3n) is 7.39. The number of imide groups is 1. The fourth-order valence-corrected chi connectivity index (χ4v) is 5.05. The van der Waals surface area contributed by atoms with E-state index in [0.29, 0.717) is 50.0 Å². The molecule has 2 aromatic carbocycles. The van der Waals surface area contributed by atoms with Crippen molar-refractivity contribution >= 4 is 11.9 Å². The molecule has 0 aliphatic carbocycles. The fourth-order valence-electron chi connectivity index (χ4n) is 5.05. The monoisotopic (exact) mass is 588 g/mol. The highest BCUT2D eigenvalue weighted by Gasteiger charge is 2.71. The summed E-state index contributed by atoms with van der Waals surface area (Å²) in [5.74, 6) is 0.425. The minimum Gasteiger partial charge on any atom is -0.493 e. The number of nitrogens with zero attached hydrogens (tertiary/aromatic N) is 1. The maximum Gasteiger partial charge on any atom is 0.430 e. The summed E-state index contributed by atoms with van der Waals surface area (Å²) < 4.78 is 91.0. The molecule has 1 saturated heterocycles. The molecule has 2 N–H and O–H groups in total. The molecule has 2 aliphatic heterocycles. The van der Waals surface area contributed by atoms with E-state index < -0.39 is 41.0 Å². The number of rotatable bonds is 10. The molecule has 0 aromatic heterocycles. The summed E-state index contributed by atoms with van der Waals surface area (Å²) in [6, 6.07) is 7.01. The minimum atomic E-state index is -5.98. The molecule has 13 heteroatoms. The number of amides is 3. The third kappa shape index (κ3) is 5.55. The SMILES string of the molecule is CCCc1cc(C(O)(C(F)(F)F)C(F)(F)F)ccc1OCCCCN1C(=O)NC(C)(c2ccc3c(c2)CCO3)C1=O. The first-order valence-corrected chi connectivity index (χ1v) is 13.2. The zero-order valence-corrected chi connectivity index (χ0v) is 22.4. The summed E-state index contributed by atoms with van der Waals surface area (Å²) in [5.41, 5.74) is -5.92. The van der Waals surface area contributed by atoms with Crippen molar-refractivity contribution in [3.05, 3.63) is 58.7 Å². The summed E-state index contributed by atoms with van der Waals surface area (Å²) in [7, 11) is 0. The number of ether oxygens (including phenoxy) is 2. The molecule has 7 nitrogen and oxygen atoms in total. The second kappa shape index (κ2) is 11.1. The second-order valence-corrected chi connectivity index (χ2v) is 10.3. The Morgan fingerprint density at radius 3 is 2.41 bits per heavy atom. The molecule has 4 rings (SSSR count). The highest BCUT2D eigenvalue weighted by molar-refractivity contribution is 6.07. The number of nitrogens with one attached hydrogen (secondary N) is 1. The molecule has 2 aromatic rings. The van der Waals surface area contributed by atoms with Crippen molar-refractivity contribution in [2.24, 2.45) is 0 Å². The van der Waals surface area contributed by atoms with Crippen molar-refractivity contribution < 1.29 is 50.5 Å². The van der Waals surface area contributed by atoms with Crippen LogP contribution in [-0.4, -0.2) is 54.1 Å². The van der Waals surface area contributed by atoms with Crippen LogP contribution in [0.25, 0.3) is 0 Å². The van der Waals surface area contributed by atoms with E-state index in [1.165, 1.54) is 0 Å². The van der Waals surface area contributed by atoms with Crippen molar-refractivity contribution in [1.82, 2.24) is 10.2 Å². The molecule has 1 unspecified atom stereocenters. The van der Waals surface area contributed by atoms with Crippen LogP contribution in [0.2, 0.25) is 0 Å². The van der Waals surface area contributed by atoms with Crippen molar-refractivity contribution in [2.75, 3.05) is 19.8 Å². The normalized spacial score (nSPS) is 19.3. The van der Waals surface area contributed by atoms with Gasteiger partial charge in [0, 0.05) is 18.5 Å². The van der Waals surface area contributed by atoms with Crippen molar-refractivity contribution in [1.29, 1.82) is 0 Å².